The van der Waals surface area contributed by atoms with Crippen LogP contribution in [0.1, 0.15) is 11.3 Å². The van der Waals surface area contributed by atoms with Crippen LogP contribution in [0, 0.1) is 13.8 Å². The van der Waals surface area contributed by atoms with Crippen LogP contribution >= 0.6 is 15.9 Å². The lowest BCUT2D eigenvalue weighted by molar-refractivity contribution is 0.864. The van der Waals surface area contributed by atoms with Crippen molar-refractivity contribution in [3.63, 3.8) is 0 Å². The van der Waals surface area contributed by atoms with Crippen molar-refractivity contribution < 1.29 is 0 Å². The highest BCUT2D eigenvalue weighted by Gasteiger charge is 2.07. The lowest BCUT2D eigenvalue weighted by Crippen LogP contribution is -2.01. The molecule has 0 aliphatic heterocycles. The molecule has 3 nitrogen and oxygen atoms in total. The maximum Gasteiger partial charge on any atom is 0.154 e. The standard InChI is InChI=1S/C14H12BrN3/c1-9-3-6-14(17-10(9)2)18-13-7-12(15)5-4-11(13)8-16-18/h3-8H,1-2H3. The van der Waals surface area contributed by atoms with Crippen molar-refractivity contribution >= 4 is 26.8 Å². The first-order valence-corrected chi connectivity index (χ1v) is 6.52. The molecule has 0 aliphatic rings. The Morgan fingerprint density at radius 1 is 1.11 bits per heavy atom. The van der Waals surface area contributed by atoms with Gasteiger partial charge >= 0.3 is 0 Å². The van der Waals surface area contributed by atoms with Crippen LogP contribution in [0.4, 0.5) is 0 Å². The number of aromatic nitrogens is 3. The van der Waals surface area contributed by atoms with Gasteiger partial charge in [-0.2, -0.15) is 5.10 Å². The second-order valence-electron chi connectivity index (χ2n) is 4.33. The fourth-order valence-corrected chi connectivity index (χ4v) is 2.26. The molecule has 0 unspecified atom stereocenters. The number of nitrogens with zero attached hydrogens (tertiary/aromatic N) is 3. The van der Waals surface area contributed by atoms with Gasteiger partial charge in [0.1, 0.15) is 0 Å². The number of fused-ring (bicyclic) bond motifs is 1. The lowest BCUT2D eigenvalue weighted by Gasteiger charge is -2.05. The van der Waals surface area contributed by atoms with Crippen molar-refractivity contribution in [2.75, 3.05) is 0 Å². The van der Waals surface area contributed by atoms with Crippen molar-refractivity contribution in [2.45, 2.75) is 13.8 Å². The highest BCUT2D eigenvalue weighted by Crippen LogP contribution is 2.22. The van der Waals surface area contributed by atoms with E-state index in [-0.39, 0.29) is 0 Å². The van der Waals surface area contributed by atoms with Crippen molar-refractivity contribution in [1.82, 2.24) is 14.8 Å². The summed E-state index contributed by atoms with van der Waals surface area (Å²) in [6, 6.07) is 10.2. The fourth-order valence-electron chi connectivity index (χ4n) is 1.91. The van der Waals surface area contributed by atoms with Crippen LogP contribution in [0.25, 0.3) is 16.7 Å². The Morgan fingerprint density at radius 3 is 2.72 bits per heavy atom. The maximum atomic E-state index is 4.58. The van der Waals surface area contributed by atoms with Gasteiger partial charge in [-0.05, 0) is 37.6 Å². The average Bonchev–Trinajstić information content (AvgIpc) is 2.75. The summed E-state index contributed by atoms with van der Waals surface area (Å²) in [4.78, 5) is 4.58. The number of aryl methyl sites for hydroxylation is 2. The summed E-state index contributed by atoms with van der Waals surface area (Å²) >= 11 is 3.49. The third-order valence-corrected chi connectivity index (χ3v) is 3.58. The molecule has 0 aliphatic carbocycles. The van der Waals surface area contributed by atoms with Crippen molar-refractivity contribution in [1.29, 1.82) is 0 Å². The van der Waals surface area contributed by atoms with E-state index in [9.17, 15) is 0 Å². The molecule has 0 spiro atoms. The van der Waals surface area contributed by atoms with Crippen LogP contribution in [0.3, 0.4) is 0 Å². The quantitative estimate of drug-likeness (QED) is 0.684. The zero-order valence-electron chi connectivity index (χ0n) is 10.2. The molecule has 0 fully saturated rings. The number of hydrogen-bond acceptors (Lipinski definition) is 2. The molecule has 0 saturated heterocycles. The number of halogens is 1. The maximum absolute atomic E-state index is 4.58. The Bertz CT molecular complexity index is 731. The van der Waals surface area contributed by atoms with Gasteiger partial charge in [0.05, 0.1) is 11.7 Å². The Balaban J connectivity index is 2.24. The molecule has 0 bridgehead atoms. The highest BCUT2D eigenvalue weighted by atomic mass is 79.9. The smallest absolute Gasteiger partial charge is 0.154 e. The largest absolute Gasteiger partial charge is 0.234 e. The molecule has 18 heavy (non-hydrogen) atoms. The summed E-state index contributed by atoms with van der Waals surface area (Å²) in [5.74, 6) is 0.853. The van der Waals surface area contributed by atoms with Gasteiger partial charge < -0.3 is 0 Å². The van der Waals surface area contributed by atoms with E-state index in [4.69, 9.17) is 0 Å². The Kier molecular flexibility index (Phi) is 2.67. The van der Waals surface area contributed by atoms with Crippen LogP contribution in [-0.2, 0) is 0 Å². The SMILES string of the molecule is Cc1ccc(-n2ncc3ccc(Br)cc32)nc1C. The summed E-state index contributed by atoms with van der Waals surface area (Å²) in [5.41, 5.74) is 3.28. The molecule has 2 aromatic heterocycles. The monoisotopic (exact) mass is 301 g/mol. The number of hydrogen-bond donors (Lipinski definition) is 0. The predicted octanol–water partition coefficient (Wildman–Crippen LogP) is 3.80. The second kappa shape index (κ2) is 4.21. The zero-order chi connectivity index (χ0) is 12.7. The second-order valence-corrected chi connectivity index (χ2v) is 5.25. The summed E-state index contributed by atoms with van der Waals surface area (Å²) in [6.07, 6.45) is 1.86. The molecule has 0 amide bonds. The molecule has 4 heteroatoms. The van der Waals surface area contributed by atoms with E-state index in [0.717, 1.165) is 26.9 Å². The van der Waals surface area contributed by atoms with E-state index >= 15 is 0 Å². The van der Waals surface area contributed by atoms with Crippen LogP contribution < -0.4 is 0 Å². The van der Waals surface area contributed by atoms with Gasteiger partial charge in [-0.3, -0.25) is 0 Å². The van der Waals surface area contributed by atoms with E-state index in [1.165, 1.54) is 5.56 Å². The molecule has 0 atom stereocenters. The Morgan fingerprint density at radius 2 is 1.94 bits per heavy atom. The summed E-state index contributed by atoms with van der Waals surface area (Å²) in [6.45, 7) is 4.07. The van der Waals surface area contributed by atoms with Gasteiger partial charge in [-0.25, -0.2) is 9.67 Å². The van der Waals surface area contributed by atoms with E-state index < -0.39 is 0 Å². The first-order valence-electron chi connectivity index (χ1n) is 5.73. The van der Waals surface area contributed by atoms with Gasteiger partial charge in [0.2, 0.25) is 0 Å². The van der Waals surface area contributed by atoms with Gasteiger partial charge in [0, 0.05) is 15.6 Å². The zero-order valence-corrected chi connectivity index (χ0v) is 11.8. The summed E-state index contributed by atoms with van der Waals surface area (Å²) in [7, 11) is 0. The number of pyridine rings is 1. The van der Waals surface area contributed by atoms with E-state index in [2.05, 4.69) is 45.1 Å². The molecule has 3 aromatic rings. The molecule has 1 aromatic carbocycles. The topological polar surface area (TPSA) is 30.7 Å². The van der Waals surface area contributed by atoms with Gasteiger partial charge in [0.25, 0.3) is 0 Å². The van der Waals surface area contributed by atoms with E-state index in [1.807, 2.05) is 36.0 Å². The molecular formula is C14H12BrN3. The van der Waals surface area contributed by atoms with Crippen LogP contribution in [0.2, 0.25) is 0 Å². The third-order valence-electron chi connectivity index (χ3n) is 3.09. The fraction of sp³-hybridized carbons (Fsp3) is 0.143. The molecule has 90 valence electrons. The normalized spacial score (nSPS) is 11.1. The minimum Gasteiger partial charge on any atom is -0.234 e. The Labute approximate surface area is 114 Å². The first-order chi connectivity index (χ1) is 8.65. The molecule has 0 saturated carbocycles. The minimum absolute atomic E-state index is 0.853. The predicted molar refractivity (Wildman–Crippen MR) is 76.0 cm³/mol. The summed E-state index contributed by atoms with van der Waals surface area (Å²) in [5, 5.41) is 5.52. The molecule has 2 heterocycles. The lowest BCUT2D eigenvalue weighted by atomic mass is 10.2. The Hall–Kier alpha value is -1.68. The van der Waals surface area contributed by atoms with Crippen LogP contribution in [0.5, 0.6) is 0 Å². The molecular weight excluding hydrogens is 290 g/mol. The third kappa shape index (κ3) is 1.82. The minimum atomic E-state index is 0.853. The van der Waals surface area contributed by atoms with Crippen molar-refractivity contribution in [3.05, 3.63) is 52.3 Å². The highest BCUT2D eigenvalue weighted by molar-refractivity contribution is 9.10. The molecule has 0 N–H and O–H groups in total. The van der Waals surface area contributed by atoms with E-state index in [1.54, 1.807) is 0 Å². The molecule has 3 rings (SSSR count). The van der Waals surface area contributed by atoms with Crippen molar-refractivity contribution in [2.24, 2.45) is 0 Å². The molecule has 0 radical (unpaired) electrons. The number of rotatable bonds is 1. The summed E-state index contributed by atoms with van der Waals surface area (Å²) < 4.78 is 2.91. The van der Waals surface area contributed by atoms with Gasteiger partial charge in [0.15, 0.2) is 5.82 Å². The van der Waals surface area contributed by atoms with E-state index in [0.29, 0.717) is 0 Å². The van der Waals surface area contributed by atoms with Gasteiger partial charge in [-0.1, -0.05) is 28.1 Å². The van der Waals surface area contributed by atoms with Crippen LogP contribution in [-0.4, -0.2) is 14.8 Å². The van der Waals surface area contributed by atoms with Gasteiger partial charge in [-0.15, -0.1) is 0 Å². The first kappa shape index (κ1) is 11.4. The number of benzene rings is 1. The van der Waals surface area contributed by atoms with Crippen LogP contribution in [0.15, 0.2) is 41.0 Å². The van der Waals surface area contributed by atoms with Crippen molar-refractivity contribution in [3.8, 4) is 5.82 Å². The average molecular weight is 302 g/mol.